The van der Waals surface area contributed by atoms with Crippen molar-refractivity contribution in [2.45, 2.75) is 20.8 Å². The van der Waals surface area contributed by atoms with E-state index in [1.807, 2.05) is 61.5 Å². The van der Waals surface area contributed by atoms with E-state index in [0.717, 1.165) is 50.4 Å². The molecule has 4 aromatic rings. The van der Waals surface area contributed by atoms with E-state index >= 15 is 0 Å². The zero-order chi connectivity index (χ0) is 22.0. The molecule has 31 heavy (non-hydrogen) atoms. The Hall–Kier alpha value is -3.73. The smallest absolute Gasteiger partial charge is 0.227 e. The highest BCUT2D eigenvalue weighted by Crippen LogP contribution is 2.33. The third-order valence-electron chi connectivity index (χ3n) is 5.51. The topological polar surface area (TPSA) is 63.4 Å². The number of nitrogens with one attached hydrogen (secondary N) is 1. The molecule has 3 N–H and O–H groups in total. The highest BCUT2D eigenvalue weighted by molar-refractivity contribution is 5.93. The number of rotatable bonds is 5. The average molecular weight is 415 g/mol. The largest absolute Gasteiger partial charge is 0.497 e. The molecule has 4 rings (SSSR count). The van der Waals surface area contributed by atoms with Gasteiger partial charge in [-0.3, -0.25) is 0 Å². The normalized spacial score (nSPS) is 11.7. The molecule has 0 saturated heterocycles. The first-order valence-electron chi connectivity index (χ1n) is 10.4. The lowest BCUT2D eigenvalue weighted by atomic mass is 10.2. The van der Waals surface area contributed by atoms with E-state index in [1.165, 1.54) is 0 Å². The van der Waals surface area contributed by atoms with Crippen LogP contribution in [-0.2, 0) is 0 Å². The molecule has 0 radical (unpaired) electrons. The van der Waals surface area contributed by atoms with Crippen LogP contribution in [0.4, 0.5) is 11.4 Å². The number of fused-ring (bicyclic) bond motifs is 1. The molecule has 5 nitrogen and oxygen atoms in total. The Morgan fingerprint density at radius 1 is 0.903 bits per heavy atom. The third kappa shape index (κ3) is 3.75. The van der Waals surface area contributed by atoms with E-state index in [-0.39, 0.29) is 0 Å². The summed E-state index contributed by atoms with van der Waals surface area (Å²) in [6.07, 6.45) is 0. The van der Waals surface area contributed by atoms with Crippen molar-refractivity contribution in [1.29, 1.82) is 0 Å². The van der Waals surface area contributed by atoms with Crippen LogP contribution in [0.3, 0.4) is 0 Å². The molecule has 0 aliphatic rings. The molecule has 1 aromatic heterocycles. The van der Waals surface area contributed by atoms with E-state index in [0.29, 0.717) is 12.3 Å². The maximum absolute atomic E-state index is 6.21. The van der Waals surface area contributed by atoms with Crippen molar-refractivity contribution in [3.8, 4) is 17.2 Å². The summed E-state index contributed by atoms with van der Waals surface area (Å²) in [4.78, 5) is 3.54. The Bertz CT molecular complexity index is 1320. The molecule has 0 spiro atoms. The van der Waals surface area contributed by atoms with Gasteiger partial charge in [0, 0.05) is 35.3 Å². The van der Waals surface area contributed by atoms with Gasteiger partial charge in [-0.15, -0.1) is 0 Å². The van der Waals surface area contributed by atoms with Crippen LogP contribution in [0.5, 0.6) is 11.5 Å². The number of para-hydroxylation sites is 2. The van der Waals surface area contributed by atoms with Crippen molar-refractivity contribution in [2.24, 2.45) is 0 Å². The molecule has 0 aliphatic heterocycles. The van der Waals surface area contributed by atoms with E-state index in [2.05, 4.69) is 35.5 Å². The van der Waals surface area contributed by atoms with Gasteiger partial charge in [0.15, 0.2) is 0 Å². The Morgan fingerprint density at radius 2 is 1.65 bits per heavy atom. The minimum atomic E-state index is 0.594. The molecule has 3 aromatic carbocycles. The van der Waals surface area contributed by atoms with Crippen LogP contribution in [0.1, 0.15) is 18.3 Å². The summed E-state index contributed by atoms with van der Waals surface area (Å²) in [6.45, 7) is 6.85. The quantitative estimate of drug-likeness (QED) is 0.491. The highest BCUT2D eigenvalue weighted by Gasteiger charge is 2.19. The fourth-order valence-corrected chi connectivity index (χ4v) is 4.14. The summed E-state index contributed by atoms with van der Waals surface area (Å²) < 4.78 is 13.8. The number of aromatic nitrogens is 1. The molecule has 0 saturated carbocycles. The molecular weight excluding hydrogens is 386 g/mol. The lowest BCUT2D eigenvalue weighted by Crippen LogP contribution is -2.70. The average Bonchev–Trinajstić information content (AvgIpc) is 2.91. The van der Waals surface area contributed by atoms with Crippen LogP contribution < -0.4 is 25.6 Å². The Kier molecular flexibility index (Phi) is 5.67. The monoisotopic (exact) mass is 414 g/mol. The predicted octanol–water partition coefficient (Wildman–Crippen LogP) is 3.55. The van der Waals surface area contributed by atoms with Gasteiger partial charge in [-0.2, -0.15) is 0 Å². The van der Waals surface area contributed by atoms with Crippen LogP contribution >= 0.6 is 0 Å². The van der Waals surface area contributed by atoms with Crippen LogP contribution in [0.25, 0.3) is 16.5 Å². The van der Waals surface area contributed by atoms with Crippen molar-refractivity contribution >= 4 is 22.1 Å². The molecule has 0 atom stereocenters. The Morgan fingerprint density at radius 3 is 2.39 bits per heavy atom. The van der Waals surface area contributed by atoms with E-state index < -0.39 is 0 Å². The van der Waals surface area contributed by atoms with Gasteiger partial charge in [-0.05, 0) is 45.0 Å². The minimum absolute atomic E-state index is 0.594. The number of ether oxygens (including phenoxy) is 2. The van der Waals surface area contributed by atoms with E-state index in [1.54, 1.807) is 7.11 Å². The molecule has 0 unspecified atom stereocenters. The first kappa shape index (κ1) is 20.5. The summed E-state index contributed by atoms with van der Waals surface area (Å²) in [5, 5.41) is 3.14. The summed E-state index contributed by atoms with van der Waals surface area (Å²) >= 11 is 0. The van der Waals surface area contributed by atoms with Crippen LogP contribution in [0.2, 0.25) is 0 Å². The highest BCUT2D eigenvalue weighted by atomic mass is 16.5. The summed E-state index contributed by atoms with van der Waals surface area (Å²) in [5.41, 5.74) is 11.0. The van der Waals surface area contributed by atoms with E-state index in [9.17, 15) is 0 Å². The number of hydrogen-bond acceptors (Lipinski definition) is 3. The van der Waals surface area contributed by atoms with Gasteiger partial charge in [0.1, 0.15) is 17.2 Å². The maximum atomic E-state index is 6.21. The second-order valence-electron chi connectivity index (χ2n) is 7.41. The first-order valence-corrected chi connectivity index (χ1v) is 10.4. The van der Waals surface area contributed by atoms with Gasteiger partial charge in [-0.1, -0.05) is 24.3 Å². The van der Waals surface area contributed by atoms with Crippen LogP contribution in [-0.4, -0.2) is 18.3 Å². The fourth-order valence-electron chi connectivity index (χ4n) is 4.14. The second-order valence-corrected chi connectivity index (χ2v) is 7.41. The maximum Gasteiger partial charge on any atom is 0.227 e. The SMILES string of the molecule is CCOc1cccc(=[NH+]c2ccccc2N)c2c(C)n(-c3cccc(OC)c3)c(C)c12. The minimum Gasteiger partial charge on any atom is -0.497 e. The number of aryl methyl sites for hydroxylation is 2. The van der Waals surface area contributed by atoms with Crippen molar-refractivity contribution < 1.29 is 14.5 Å². The zero-order valence-electron chi connectivity index (χ0n) is 18.4. The number of benzene rings is 2. The van der Waals surface area contributed by atoms with Gasteiger partial charge in [-0.25, -0.2) is 4.99 Å². The van der Waals surface area contributed by atoms with Gasteiger partial charge in [0.05, 0.1) is 24.5 Å². The van der Waals surface area contributed by atoms with Gasteiger partial charge in [0.25, 0.3) is 0 Å². The molecule has 158 valence electrons. The zero-order valence-corrected chi connectivity index (χ0v) is 18.4. The van der Waals surface area contributed by atoms with Crippen molar-refractivity contribution in [1.82, 2.24) is 4.57 Å². The molecule has 0 aliphatic carbocycles. The van der Waals surface area contributed by atoms with Gasteiger partial charge < -0.3 is 19.8 Å². The van der Waals surface area contributed by atoms with Gasteiger partial charge in [0.2, 0.25) is 11.0 Å². The molecule has 0 bridgehead atoms. The summed E-state index contributed by atoms with van der Waals surface area (Å²) in [6, 6.07) is 22.0. The number of hydrogen-bond donors (Lipinski definition) is 2. The number of nitrogens with zero attached hydrogens (tertiary/aromatic N) is 1. The predicted molar refractivity (Wildman–Crippen MR) is 125 cm³/mol. The summed E-state index contributed by atoms with van der Waals surface area (Å²) in [7, 11) is 1.68. The Balaban J connectivity index is 2.12. The first-order chi connectivity index (χ1) is 15.0. The number of anilines is 1. The number of methoxy groups -OCH3 is 1. The van der Waals surface area contributed by atoms with Crippen molar-refractivity contribution in [3.63, 3.8) is 0 Å². The number of nitrogen functional groups attached to an aromatic ring is 1. The van der Waals surface area contributed by atoms with Crippen molar-refractivity contribution in [2.75, 3.05) is 19.5 Å². The van der Waals surface area contributed by atoms with Crippen LogP contribution in [0, 0.1) is 13.8 Å². The standard InChI is InChI=1S/C26H27N3O2/c1-5-31-24-15-9-14-23(28-22-13-7-6-12-21(22)27)25-17(2)29(18(3)26(24)25)19-10-8-11-20(16-19)30-4/h6-16H,5,27H2,1-4H3/p+1. The molecule has 0 amide bonds. The lowest BCUT2D eigenvalue weighted by Gasteiger charge is -2.11. The molecular formula is C26H28N3O2+. The molecule has 0 fully saturated rings. The third-order valence-corrected chi connectivity index (χ3v) is 5.51. The molecule has 5 heteroatoms. The fraction of sp³-hybridized carbons (Fsp3) is 0.192. The summed E-state index contributed by atoms with van der Waals surface area (Å²) in [5.74, 6) is 1.67. The number of nitrogens with two attached hydrogens (primary N) is 1. The Labute approximate surface area is 182 Å². The van der Waals surface area contributed by atoms with Crippen molar-refractivity contribution in [3.05, 3.63) is 83.5 Å². The lowest BCUT2D eigenvalue weighted by molar-refractivity contribution is -0.399. The second kappa shape index (κ2) is 8.56. The molecule has 1 heterocycles. The van der Waals surface area contributed by atoms with Crippen LogP contribution in [0.15, 0.2) is 66.7 Å². The van der Waals surface area contributed by atoms with Gasteiger partial charge >= 0.3 is 0 Å². The van der Waals surface area contributed by atoms with E-state index in [4.69, 9.17) is 15.2 Å².